The van der Waals surface area contributed by atoms with Crippen LogP contribution < -0.4 is 5.32 Å². The number of halogens is 2. The van der Waals surface area contributed by atoms with Gasteiger partial charge >= 0.3 is 0 Å². The fourth-order valence-corrected chi connectivity index (χ4v) is 3.76. The second-order valence-corrected chi connectivity index (χ2v) is 9.09. The van der Waals surface area contributed by atoms with E-state index in [1.165, 1.54) is 71.5 Å². The average molecular weight is 453 g/mol. The first-order valence-electron chi connectivity index (χ1n) is 9.44. The van der Waals surface area contributed by atoms with Crippen molar-refractivity contribution in [3.05, 3.63) is 96.2 Å². The standard InChI is InChI=1S/C23H17F2N3O3S/c1-32(30,31)20-10-8-15(9-11-20)22-21(23(29)26-18-6-2-4-16(24)12-18)14-28(27-22)19-7-3-5-17(25)13-19/h2-14H,1H3,(H,26,29). The third kappa shape index (κ3) is 4.57. The summed E-state index contributed by atoms with van der Waals surface area (Å²) in [5.41, 5.74) is 1.53. The highest BCUT2D eigenvalue weighted by atomic mass is 32.2. The summed E-state index contributed by atoms with van der Waals surface area (Å²) in [6, 6.07) is 17.0. The van der Waals surface area contributed by atoms with Crippen LogP contribution in [0.4, 0.5) is 14.5 Å². The first-order valence-corrected chi connectivity index (χ1v) is 11.3. The molecule has 162 valence electrons. The number of nitrogens with zero attached hydrogens (tertiary/aromatic N) is 2. The number of rotatable bonds is 5. The van der Waals surface area contributed by atoms with E-state index < -0.39 is 27.4 Å². The van der Waals surface area contributed by atoms with Gasteiger partial charge in [-0.3, -0.25) is 4.79 Å². The lowest BCUT2D eigenvalue weighted by Crippen LogP contribution is -2.12. The van der Waals surface area contributed by atoms with Gasteiger partial charge in [0.1, 0.15) is 17.3 Å². The molecule has 9 heteroatoms. The van der Waals surface area contributed by atoms with Gasteiger partial charge in [-0.25, -0.2) is 21.9 Å². The molecule has 32 heavy (non-hydrogen) atoms. The molecule has 0 saturated heterocycles. The van der Waals surface area contributed by atoms with Crippen molar-refractivity contribution in [2.45, 2.75) is 4.90 Å². The number of nitrogens with one attached hydrogen (secondary N) is 1. The molecule has 1 heterocycles. The molecule has 4 rings (SSSR count). The molecule has 0 atom stereocenters. The third-order valence-electron chi connectivity index (χ3n) is 4.67. The minimum Gasteiger partial charge on any atom is -0.322 e. The summed E-state index contributed by atoms with van der Waals surface area (Å²) >= 11 is 0. The highest BCUT2D eigenvalue weighted by molar-refractivity contribution is 7.90. The SMILES string of the molecule is CS(=O)(=O)c1ccc(-c2nn(-c3cccc(F)c3)cc2C(=O)Nc2cccc(F)c2)cc1. The van der Waals surface area contributed by atoms with E-state index in [1.807, 2.05) is 0 Å². The third-order valence-corrected chi connectivity index (χ3v) is 5.80. The zero-order valence-corrected chi connectivity index (χ0v) is 17.6. The Kier molecular flexibility index (Phi) is 5.58. The molecule has 0 aliphatic carbocycles. The van der Waals surface area contributed by atoms with E-state index in [9.17, 15) is 22.0 Å². The molecule has 6 nitrogen and oxygen atoms in total. The van der Waals surface area contributed by atoms with Crippen LogP contribution in [-0.2, 0) is 9.84 Å². The number of sulfone groups is 1. The topological polar surface area (TPSA) is 81.1 Å². The molecule has 0 aliphatic rings. The molecule has 0 fully saturated rings. The van der Waals surface area contributed by atoms with Crippen LogP contribution in [-0.4, -0.2) is 30.4 Å². The molecule has 1 N–H and O–H groups in total. The van der Waals surface area contributed by atoms with Gasteiger partial charge in [0.05, 0.1) is 16.1 Å². The maximum Gasteiger partial charge on any atom is 0.259 e. The molecule has 0 spiro atoms. The predicted molar refractivity (Wildman–Crippen MR) is 116 cm³/mol. The lowest BCUT2D eigenvalue weighted by Gasteiger charge is -2.06. The Morgan fingerprint density at radius 1 is 0.938 bits per heavy atom. The van der Waals surface area contributed by atoms with Gasteiger partial charge in [0, 0.05) is 23.7 Å². The fraction of sp³-hybridized carbons (Fsp3) is 0.0435. The summed E-state index contributed by atoms with van der Waals surface area (Å²) in [7, 11) is -3.40. The van der Waals surface area contributed by atoms with Crippen molar-refractivity contribution in [3.8, 4) is 16.9 Å². The van der Waals surface area contributed by atoms with Crippen molar-refractivity contribution in [3.63, 3.8) is 0 Å². The van der Waals surface area contributed by atoms with Crippen molar-refractivity contribution in [1.82, 2.24) is 9.78 Å². The van der Waals surface area contributed by atoms with Gasteiger partial charge in [0.15, 0.2) is 9.84 Å². The first-order chi connectivity index (χ1) is 15.2. The van der Waals surface area contributed by atoms with Crippen molar-refractivity contribution in [1.29, 1.82) is 0 Å². The van der Waals surface area contributed by atoms with Crippen molar-refractivity contribution in [2.75, 3.05) is 11.6 Å². The van der Waals surface area contributed by atoms with E-state index >= 15 is 0 Å². The molecule has 0 aliphatic heterocycles. The number of carbonyl (C=O) groups excluding carboxylic acids is 1. The zero-order chi connectivity index (χ0) is 22.9. The lowest BCUT2D eigenvalue weighted by molar-refractivity contribution is 0.102. The molecular formula is C23H17F2N3O3S. The normalized spacial score (nSPS) is 11.3. The van der Waals surface area contributed by atoms with E-state index in [2.05, 4.69) is 10.4 Å². The number of carbonyl (C=O) groups is 1. The minimum atomic E-state index is -3.40. The Morgan fingerprint density at radius 3 is 2.22 bits per heavy atom. The molecule has 0 radical (unpaired) electrons. The van der Waals surface area contributed by atoms with Gasteiger partial charge in [-0.1, -0.05) is 24.3 Å². The van der Waals surface area contributed by atoms with Crippen molar-refractivity contribution in [2.24, 2.45) is 0 Å². The first kappa shape index (κ1) is 21.4. The summed E-state index contributed by atoms with van der Waals surface area (Å²) in [4.78, 5) is 13.1. The number of anilines is 1. The smallest absolute Gasteiger partial charge is 0.259 e. The van der Waals surface area contributed by atoms with Gasteiger partial charge < -0.3 is 5.32 Å². The minimum absolute atomic E-state index is 0.122. The maximum absolute atomic E-state index is 13.7. The van der Waals surface area contributed by atoms with Crippen LogP contribution in [0.15, 0.2) is 83.9 Å². The van der Waals surface area contributed by atoms with Gasteiger partial charge in [0.25, 0.3) is 5.91 Å². The van der Waals surface area contributed by atoms with Crippen LogP contribution in [0.3, 0.4) is 0 Å². The van der Waals surface area contributed by atoms with Gasteiger partial charge in [-0.05, 0) is 48.5 Å². The summed E-state index contributed by atoms with van der Waals surface area (Å²) in [6.07, 6.45) is 2.53. The number of aromatic nitrogens is 2. The summed E-state index contributed by atoms with van der Waals surface area (Å²) < 4.78 is 52.1. The van der Waals surface area contributed by atoms with Crippen LogP contribution in [0, 0.1) is 11.6 Å². The Labute approximate surface area is 183 Å². The second-order valence-electron chi connectivity index (χ2n) is 7.08. The summed E-state index contributed by atoms with van der Waals surface area (Å²) in [5.74, 6) is -1.53. The fourth-order valence-electron chi connectivity index (χ4n) is 3.13. The second kappa shape index (κ2) is 8.35. The van der Waals surface area contributed by atoms with Crippen molar-refractivity contribution < 1.29 is 22.0 Å². The Balaban J connectivity index is 1.79. The van der Waals surface area contributed by atoms with Crippen LogP contribution >= 0.6 is 0 Å². The summed E-state index contributed by atoms with van der Waals surface area (Å²) in [6.45, 7) is 0. The maximum atomic E-state index is 13.7. The van der Waals surface area contributed by atoms with Crippen LogP contribution in [0.1, 0.15) is 10.4 Å². The number of hydrogen-bond acceptors (Lipinski definition) is 4. The van der Waals surface area contributed by atoms with E-state index in [1.54, 1.807) is 12.1 Å². The predicted octanol–water partition coefficient (Wildman–Crippen LogP) is 4.47. The molecule has 0 unspecified atom stereocenters. The number of benzene rings is 3. The molecule has 0 saturated carbocycles. The lowest BCUT2D eigenvalue weighted by atomic mass is 10.1. The molecule has 1 aromatic heterocycles. The average Bonchev–Trinajstić information content (AvgIpc) is 3.19. The Bertz CT molecular complexity index is 1410. The van der Waals surface area contributed by atoms with E-state index in [0.717, 1.165) is 6.26 Å². The quantitative estimate of drug-likeness (QED) is 0.483. The van der Waals surface area contributed by atoms with Gasteiger partial charge in [-0.15, -0.1) is 0 Å². The molecule has 3 aromatic carbocycles. The van der Waals surface area contributed by atoms with E-state index in [0.29, 0.717) is 11.3 Å². The zero-order valence-electron chi connectivity index (χ0n) is 16.8. The Hall–Kier alpha value is -3.85. The van der Waals surface area contributed by atoms with Crippen molar-refractivity contribution >= 4 is 21.4 Å². The monoisotopic (exact) mass is 453 g/mol. The van der Waals surface area contributed by atoms with Crippen LogP contribution in [0.5, 0.6) is 0 Å². The number of amides is 1. The summed E-state index contributed by atoms with van der Waals surface area (Å²) in [5, 5.41) is 7.05. The molecule has 0 bridgehead atoms. The van der Waals surface area contributed by atoms with E-state index in [4.69, 9.17) is 0 Å². The highest BCUT2D eigenvalue weighted by Crippen LogP contribution is 2.26. The largest absolute Gasteiger partial charge is 0.322 e. The van der Waals surface area contributed by atoms with E-state index in [-0.39, 0.29) is 21.8 Å². The highest BCUT2D eigenvalue weighted by Gasteiger charge is 2.20. The van der Waals surface area contributed by atoms with Gasteiger partial charge in [-0.2, -0.15) is 5.10 Å². The molecular weight excluding hydrogens is 436 g/mol. The van der Waals surface area contributed by atoms with Gasteiger partial charge in [0.2, 0.25) is 0 Å². The Morgan fingerprint density at radius 2 is 1.59 bits per heavy atom. The number of hydrogen-bond donors (Lipinski definition) is 1. The molecule has 1 amide bonds. The van der Waals surface area contributed by atoms with Crippen LogP contribution in [0.2, 0.25) is 0 Å². The molecule has 4 aromatic rings. The van der Waals surface area contributed by atoms with Crippen LogP contribution in [0.25, 0.3) is 16.9 Å².